The summed E-state index contributed by atoms with van der Waals surface area (Å²) < 4.78 is 5.35. The van der Waals surface area contributed by atoms with E-state index in [0.717, 1.165) is 35.8 Å². The maximum Gasteiger partial charge on any atom is 0.350 e. The smallest absolute Gasteiger partial charge is 0.350 e. The molecule has 0 spiro atoms. The topological polar surface area (TPSA) is 62.7 Å². The number of hydrogen-bond donors (Lipinski definition) is 0. The van der Waals surface area contributed by atoms with Gasteiger partial charge in [-0.25, -0.2) is 9.78 Å². The standard InChI is InChI=1S/C25H27N3O3S/c1-3-19-9-11-20(12-10-19)24-26-18(2)23(32-24)25(30)31-17-22(29)28-15-13-27(14-16-28)21-7-5-4-6-8-21/h4-12H,3,13-17H2,1-2H3. The van der Waals surface area contributed by atoms with Crippen LogP contribution in [0.25, 0.3) is 10.6 Å². The van der Waals surface area contributed by atoms with E-state index in [2.05, 4.69) is 41.1 Å². The van der Waals surface area contributed by atoms with Gasteiger partial charge in [-0.2, -0.15) is 0 Å². The number of aryl methyl sites for hydroxylation is 2. The van der Waals surface area contributed by atoms with Crippen LogP contribution in [0.5, 0.6) is 0 Å². The Labute approximate surface area is 192 Å². The number of rotatable bonds is 6. The van der Waals surface area contributed by atoms with Gasteiger partial charge < -0.3 is 14.5 Å². The molecule has 0 N–H and O–H groups in total. The lowest BCUT2D eigenvalue weighted by Gasteiger charge is -2.36. The molecule has 1 amide bonds. The van der Waals surface area contributed by atoms with Crippen molar-refractivity contribution in [3.05, 3.63) is 70.7 Å². The monoisotopic (exact) mass is 449 g/mol. The molecular formula is C25H27N3O3S. The Morgan fingerprint density at radius 2 is 1.69 bits per heavy atom. The highest BCUT2D eigenvalue weighted by atomic mass is 32.1. The van der Waals surface area contributed by atoms with Gasteiger partial charge in [0.05, 0.1) is 5.69 Å². The molecule has 1 aliphatic heterocycles. The number of nitrogens with zero attached hydrogens (tertiary/aromatic N) is 3. The zero-order valence-electron chi connectivity index (χ0n) is 18.4. The molecule has 32 heavy (non-hydrogen) atoms. The minimum atomic E-state index is -0.493. The Bertz CT molecular complexity index is 1070. The van der Waals surface area contributed by atoms with Crippen LogP contribution in [0, 0.1) is 6.92 Å². The second-order valence-electron chi connectivity index (χ2n) is 7.76. The van der Waals surface area contributed by atoms with Crippen LogP contribution in [0.15, 0.2) is 54.6 Å². The van der Waals surface area contributed by atoms with Crippen LogP contribution in [-0.2, 0) is 16.0 Å². The summed E-state index contributed by atoms with van der Waals surface area (Å²) in [7, 11) is 0. The molecule has 1 aliphatic rings. The highest BCUT2D eigenvalue weighted by Crippen LogP contribution is 2.28. The average molecular weight is 450 g/mol. The lowest BCUT2D eigenvalue weighted by molar-refractivity contribution is -0.134. The van der Waals surface area contributed by atoms with Crippen LogP contribution < -0.4 is 4.90 Å². The van der Waals surface area contributed by atoms with E-state index >= 15 is 0 Å². The van der Waals surface area contributed by atoms with Crippen LogP contribution >= 0.6 is 11.3 Å². The normalized spacial score (nSPS) is 13.8. The highest BCUT2D eigenvalue weighted by molar-refractivity contribution is 7.17. The summed E-state index contributed by atoms with van der Waals surface area (Å²) in [6, 6.07) is 18.3. The largest absolute Gasteiger partial charge is 0.451 e. The molecule has 0 atom stereocenters. The molecule has 1 fully saturated rings. The third-order valence-corrected chi connectivity index (χ3v) is 6.86. The number of esters is 1. The Kier molecular flexibility index (Phi) is 6.85. The minimum Gasteiger partial charge on any atom is -0.451 e. The summed E-state index contributed by atoms with van der Waals surface area (Å²) in [6.45, 7) is 6.41. The molecule has 0 saturated carbocycles. The van der Waals surface area contributed by atoms with Crippen LogP contribution in [0.3, 0.4) is 0 Å². The van der Waals surface area contributed by atoms with Gasteiger partial charge >= 0.3 is 5.97 Å². The van der Waals surface area contributed by atoms with Crippen molar-refractivity contribution < 1.29 is 14.3 Å². The first-order valence-electron chi connectivity index (χ1n) is 10.9. The summed E-state index contributed by atoms with van der Waals surface area (Å²) in [6.07, 6.45) is 0.976. The third-order valence-electron chi connectivity index (χ3n) is 5.67. The first kappa shape index (κ1) is 22.0. The number of hydrogen-bond acceptors (Lipinski definition) is 6. The first-order valence-corrected chi connectivity index (χ1v) is 11.7. The molecule has 7 heteroatoms. The molecule has 4 rings (SSSR count). The minimum absolute atomic E-state index is 0.163. The van der Waals surface area contributed by atoms with Crippen LogP contribution in [0.4, 0.5) is 5.69 Å². The van der Waals surface area contributed by atoms with Gasteiger partial charge in [0.1, 0.15) is 9.88 Å². The molecule has 2 heterocycles. The van der Waals surface area contributed by atoms with Crippen LogP contribution in [0.1, 0.15) is 27.9 Å². The van der Waals surface area contributed by atoms with Crippen LogP contribution in [0.2, 0.25) is 0 Å². The van der Waals surface area contributed by atoms with Crippen molar-refractivity contribution in [1.29, 1.82) is 0 Å². The summed E-state index contributed by atoms with van der Waals surface area (Å²) in [5, 5.41) is 0.778. The Morgan fingerprint density at radius 1 is 1.00 bits per heavy atom. The van der Waals surface area contributed by atoms with Gasteiger partial charge in [-0.3, -0.25) is 4.79 Å². The molecule has 0 bridgehead atoms. The number of carbonyl (C=O) groups is 2. The molecule has 0 radical (unpaired) electrons. The van der Waals surface area contributed by atoms with E-state index in [0.29, 0.717) is 23.7 Å². The maximum absolute atomic E-state index is 12.6. The number of para-hydroxylation sites is 1. The van der Waals surface area contributed by atoms with Gasteiger partial charge in [-0.1, -0.05) is 49.4 Å². The van der Waals surface area contributed by atoms with Crippen molar-refractivity contribution in [3.8, 4) is 10.6 Å². The third kappa shape index (κ3) is 4.99. The number of aromatic nitrogens is 1. The lowest BCUT2D eigenvalue weighted by atomic mass is 10.1. The van der Waals surface area contributed by atoms with Gasteiger partial charge in [-0.15, -0.1) is 11.3 Å². The molecular weight excluding hydrogens is 422 g/mol. The Balaban J connectivity index is 1.31. The fourth-order valence-corrected chi connectivity index (χ4v) is 4.69. The Morgan fingerprint density at radius 3 is 2.34 bits per heavy atom. The second kappa shape index (κ2) is 9.96. The summed E-state index contributed by atoms with van der Waals surface area (Å²) in [5.74, 6) is -0.656. The predicted octanol–water partition coefficient (Wildman–Crippen LogP) is 4.19. The molecule has 0 unspecified atom stereocenters. The molecule has 1 saturated heterocycles. The van der Waals surface area contributed by atoms with Gasteiger partial charge in [0.25, 0.3) is 5.91 Å². The number of benzene rings is 2. The van der Waals surface area contributed by atoms with E-state index in [9.17, 15) is 9.59 Å². The van der Waals surface area contributed by atoms with E-state index in [4.69, 9.17) is 4.74 Å². The molecule has 3 aromatic rings. The highest BCUT2D eigenvalue weighted by Gasteiger charge is 2.24. The molecule has 1 aromatic heterocycles. The fourth-order valence-electron chi connectivity index (χ4n) is 3.73. The van der Waals surface area contributed by atoms with Gasteiger partial charge in [0.15, 0.2) is 6.61 Å². The number of anilines is 1. The van der Waals surface area contributed by atoms with Crippen molar-refractivity contribution >= 4 is 28.9 Å². The lowest BCUT2D eigenvalue weighted by Crippen LogP contribution is -2.49. The summed E-state index contributed by atoms with van der Waals surface area (Å²) in [4.78, 5) is 34.2. The molecule has 0 aliphatic carbocycles. The van der Waals surface area contributed by atoms with Crippen molar-refractivity contribution in [2.24, 2.45) is 0 Å². The second-order valence-corrected chi connectivity index (χ2v) is 8.76. The van der Waals surface area contributed by atoms with Crippen molar-refractivity contribution in [1.82, 2.24) is 9.88 Å². The van der Waals surface area contributed by atoms with Gasteiger partial charge in [-0.05, 0) is 31.0 Å². The summed E-state index contributed by atoms with van der Waals surface area (Å²) >= 11 is 1.30. The van der Waals surface area contributed by atoms with Crippen LogP contribution in [-0.4, -0.2) is 54.5 Å². The first-order chi connectivity index (χ1) is 15.5. The van der Waals surface area contributed by atoms with E-state index in [-0.39, 0.29) is 12.5 Å². The van der Waals surface area contributed by atoms with Crippen molar-refractivity contribution in [2.45, 2.75) is 20.3 Å². The number of ether oxygens (including phenoxy) is 1. The van der Waals surface area contributed by atoms with E-state index in [1.165, 1.54) is 16.9 Å². The number of thiazole rings is 1. The number of carbonyl (C=O) groups excluding carboxylic acids is 2. The van der Waals surface area contributed by atoms with Gasteiger partial charge in [0, 0.05) is 37.4 Å². The van der Waals surface area contributed by atoms with E-state index in [1.54, 1.807) is 11.8 Å². The molecule has 2 aromatic carbocycles. The molecule has 6 nitrogen and oxygen atoms in total. The van der Waals surface area contributed by atoms with Crippen molar-refractivity contribution in [2.75, 3.05) is 37.7 Å². The molecule has 166 valence electrons. The number of piperazine rings is 1. The predicted molar refractivity (Wildman–Crippen MR) is 127 cm³/mol. The summed E-state index contributed by atoms with van der Waals surface area (Å²) in [5.41, 5.74) is 4.01. The zero-order chi connectivity index (χ0) is 22.5. The van der Waals surface area contributed by atoms with Crippen molar-refractivity contribution in [3.63, 3.8) is 0 Å². The van der Waals surface area contributed by atoms with Gasteiger partial charge in [0.2, 0.25) is 0 Å². The average Bonchev–Trinajstić information content (AvgIpc) is 3.24. The van der Waals surface area contributed by atoms with E-state index in [1.807, 2.05) is 30.3 Å². The quantitative estimate of drug-likeness (QED) is 0.528. The number of amides is 1. The van der Waals surface area contributed by atoms with E-state index < -0.39 is 5.97 Å². The SMILES string of the molecule is CCc1ccc(-c2nc(C)c(C(=O)OCC(=O)N3CCN(c4ccccc4)CC3)s2)cc1. The maximum atomic E-state index is 12.6. The fraction of sp³-hybridized carbons (Fsp3) is 0.320. The zero-order valence-corrected chi connectivity index (χ0v) is 19.2. The Hall–Kier alpha value is -3.19.